The van der Waals surface area contributed by atoms with Crippen LogP contribution in [0.4, 0.5) is 17.1 Å². The van der Waals surface area contributed by atoms with Crippen LogP contribution in [0.25, 0.3) is 32.3 Å². The minimum Gasteiger partial charge on any atom is -0.309 e. The van der Waals surface area contributed by atoms with Crippen molar-refractivity contribution >= 4 is 65.3 Å². The number of rotatable bonds is 4. The molecule has 0 N–H and O–H groups in total. The number of hydrogen-bond donors (Lipinski definition) is 0. The lowest BCUT2D eigenvalue weighted by molar-refractivity contribution is 1.33. The Labute approximate surface area is 202 Å². The minimum atomic E-state index is 0.830. The average molecular weight is 488 g/mol. The summed E-state index contributed by atoms with van der Waals surface area (Å²) in [5.74, 6) is 0. The van der Waals surface area contributed by atoms with Crippen LogP contribution in [-0.2, 0) is 5.33 Å². The highest BCUT2D eigenvalue weighted by atomic mass is 79.9. The summed E-state index contributed by atoms with van der Waals surface area (Å²) in [6.07, 6.45) is 0. The molecule has 0 aliphatic carbocycles. The SMILES string of the molecule is BrCc1cccc2c(N(c3cccc4ccccc34)c3cccc4ccccc34)cccc12. The van der Waals surface area contributed by atoms with Gasteiger partial charge in [0.25, 0.3) is 0 Å². The Morgan fingerprint density at radius 1 is 0.424 bits per heavy atom. The zero-order valence-corrected chi connectivity index (χ0v) is 19.7. The molecule has 2 heteroatoms. The zero-order valence-electron chi connectivity index (χ0n) is 18.1. The summed E-state index contributed by atoms with van der Waals surface area (Å²) in [4.78, 5) is 2.44. The molecule has 0 fully saturated rings. The first-order valence-electron chi connectivity index (χ1n) is 11.2. The quantitative estimate of drug-likeness (QED) is 0.223. The van der Waals surface area contributed by atoms with E-state index < -0.39 is 0 Å². The minimum absolute atomic E-state index is 0.830. The molecule has 6 aromatic carbocycles. The van der Waals surface area contributed by atoms with Crippen LogP contribution in [0.2, 0.25) is 0 Å². The number of benzene rings is 6. The Bertz CT molecular complexity index is 1530. The molecule has 6 rings (SSSR count). The van der Waals surface area contributed by atoms with Gasteiger partial charge in [0.1, 0.15) is 0 Å². The van der Waals surface area contributed by atoms with Crippen LogP contribution in [0.5, 0.6) is 0 Å². The van der Waals surface area contributed by atoms with Crippen LogP contribution in [-0.4, -0.2) is 0 Å². The van der Waals surface area contributed by atoms with Gasteiger partial charge in [0.15, 0.2) is 0 Å². The predicted octanol–water partition coefficient (Wildman–Crippen LogP) is 9.51. The summed E-state index contributed by atoms with van der Waals surface area (Å²) in [5.41, 5.74) is 4.84. The van der Waals surface area contributed by atoms with E-state index in [4.69, 9.17) is 0 Å². The van der Waals surface area contributed by atoms with Gasteiger partial charge in [0.2, 0.25) is 0 Å². The zero-order chi connectivity index (χ0) is 22.2. The molecule has 0 unspecified atom stereocenters. The van der Waals surface area contributed by atoms with Gasteiger partial charge in [-0.2, -0.15) is 0 Å². The number of fused-ring (bicyclic) bond motifs is 3. The molecule has 0 amide bonds. The van der Waals surface area contributed by atoms with Gasteiger partial charge >= 0.3 is 0 Å². The highest BCUT2D eigenvalue weighted by Crippen LogP contribution is 2.44. The van der Waals surface area contributed by atoms with Gasteiger partial charge in [0.05, 0.1) is 17.1 Å². The molecule has 0 aliphatic heterocycles. The lowest BCUT2D eigenvalue weighted by Crippen LogP contribution is -2.11. The number of alkyl halides is 1. The lowest BCUT2D eigenvalue weighted by Gasteiger charge is -2.29. The smallest absolute Gasteiger partial charge is 0.0540 e. The molecule has 0 bridgehead atoms. The third kappa shape index (κ3) is 3.39. The molecular formula is C31H22BrN. The van der Waals surface area contributed by atoms with E-state index in [1.807, 2.05) is 0 Å². The summed E-state index contributed by atoms with van der Waals surface area (Å²) in [6, 6.07) is 43.7. The van der Waals surface area contributed by atoms with Crippen molar-refractivity contribution in [2.75, 3.05) is 4.90 Å². The van der Waals surface area contributed by atoms with Gasteiger partial charge in [-0.1, -0.05) is 119 Å². The van der Waals surface area contributed by atoms with Crippen LogP contribution in [0.3, 0.4) is 0 Å². The number of anilines is 3. The van der Waals surface area contributed by atoms with Crippen molar-refractivity contribution in [3.05, 3.63) is 127 Å². The van der Waals surface area contributed by atoms with Gasteiger partial charge in [-0.05, 0) is 39.9 Å². The normalized spacial score (nSPS) is 11.3. The Morgan fingerprint density at radius 2 is 0.848 bits per heavy atom. The van der Waals surface area contributed by atoms with Crippen molar-refractivity contribution in [2.45, 2.75) is 5.33 Å². The van der Waals surface area contributed by atoms with Crippen molar-refractivity contribution in [2.24, 2.45) is 0 Å². The summed E-state index contributed by atoms with van der Waals surface area (Å²) < 4.78 is 0. The molecule has 1 nitrogen and oxygen atoms in total. The summed E-state index contributed by atoms with van der Waals surface area (Å²) in [7, 11) is 0. The highest BCUT2D eigenvalue weighted by molar-refractivity contribution is 9.08. The van der Waals surface area contributed by atoms with E-state index in [0.29, 0.717) is 0 Å². The van der Waals surface area contributed by atoms with E-state index in [1.165, 1.54) is 54.9 Å². The lowest BCUT2D eigenvalue weighted by atomic mass is 10.00. The first kappa shape index (κ1) is 20.0. The van der Waals surface area contributed by atoms with Crippen LogP contribution in [0.15, 0.2) is 121 Å². The molecule has 6 aromatic rings. The third-order valence-electron chi connectivity index (χ3n) is 6.39. The molecule has 0 aromatic heterocycles. The second kappa shape index (κ2) is 8.38. The fourth-order valence-electron chi connectivity index (χ4n) is 4.87. The van der Waals surface area contributed by atoms with E-state index in [9.17, 15) is 0 Å². The van der Waals surface area contributed by atoms with Crippen LogP contribution in [0.1, 0.15) is 5.56 Å². The third-order valence-corrected chi connectivity index (χ3v) is 6.99. The number of hydrogen-bond acceptors (Lipinski definition) is 1. The molecule has 0 saturated carbocycles. The van der Waals surface area contributed by atoms with Gasteiger partial charge in [0, 0.05) is 21.5 Å². The predicted molar refractivity (Wildman–Crippen MR) is 146 cm³/mol. The van der Waals surface area contributed by atoms with Gasteiger partial charge in [-0.3, -0.25) is 0 Å². The van der Waals surface area contributed by atoms with Gasteiger partial charge < -0.3 is 4.90 Å². The van der Waals surface area contributed by atoms with Crippen LogP contribution in [0, 0.1) is 0 Å². The Balaban J connectivity index is 1.74. The molecule has 0 atom stereocenters. The maximum atomic E-state index is 3.68. The molecule has 33 heavy (non-hydrogen) atoms. The fourth-order valence-corrected chi connectivity index (χ4v) is 5.35. The largest absolute Gasteiger partial charge is 0.309 e. The first-order chi connectivity index (χ1) is 16.3. The van der Waals surface area contributed by atoms with Crippen LogP contribution >= 0.6 is 15.9 Å². The molecular weight excluding hydrogens is 466 g/mol. The molecule has 0 aliphatic rings. The maximum Gasteiger partial charge on any atom is 0.0540 e. The van der Waals surface area contributed by atoms with Crippen LogP contribution < -0.4 is 4.90 Å². The first-order valence-corrected chi connectivity index (χ1v) is 12.3. The number of nitrogens with zero attached hydrogens (tertiary/aromatic N) is 1. The van der Waals surface area contributed by atoms with Gasteiger partial charge in [-0.15, -0.1) is 0 Å². The van der Waals surface area contributed by atoms with Crippen molar-refractivity contribution in [3.63, 3.8) is 0 Å². The number of halogens is 1. The second-order valence-corrected chi connectivity index (χ2v) is 8.82. The second-order valence-electron chi connectivity index (χ2n) is 8.25. The molecule has 0 spiro atoms. The molecule has 0 heterocycles. The van der Waals surface area contributed by atoms with Crippen molar-refractivity contribution in [1.82, 2.24) is 0 Å². The molecule has 0 saturated heterocycles. The standard InChI is InChI=1S/C31H22BrN/c32-21-24-13-5-17-28-25(24)16-8-20-31(28)33(29-18-6-11-22-9-1-3-14-26(22)29)30-19-7-12-23-10-2-4-15-27(23)30/h1-20H,21H2. The maximum absolute atomic E-state index is 3.68. The molecule has 0 radical (unpaired) electrons. The van der Waals surface area contributed by atoms with Gasteiger partial charge in [-0.25, -0.2) is 0 Å². The topological polar surface area (TPSA) is 3.24 Å². The summed E-state index contributed by atoms with van der Waals surface area (Å²) in [6.45, 7) is 0. The highest BCUT2D eigenvalue weighted by Gasteiger charge is 2.19. The Hall–Kier alpha value is -3.62. The van der Waals surface area contributed by atoms with E-state index in [-0.39, 0.29) is 0 Å². The van der Waals surface area contributed by atoms with E-state index >= 15 is 0 Å². The Kier molecular flexibility index (Phi) is 5.09. The van der Waals surface area contributed by atoms with E-state index in [2.05, 4.69) is 142 Å². The monoisotopic (exact) mass is 487 g/mol. The average Bonchev–Trinajstić information content (AvgIpc) is 2.89. The van der Waals surface area contributed by atoms with Crippen molar-refractivity contribution in [3.8, 4) is 0 Å². The Morgan fingerprint density at radius 3 is 1.45 bits per heavy atom. The van der Waals surface area contributed by atoms with Crippen molar-refractivity contribution in [1.29, 1.82) is 0 Å². The summed E-state index contributed by atoms with van der Waals surface area (Å²) in [5, 5.41) is 8.30. The summed E-state index contributed by atoms with van der Waals surface area (Å²) >= 11 is 3.68. The van der Waals surface area contributed by atoms with E-state index in [1.54, 1.807) is 0 Å². The van der Waals surface area contributed by atoms with E-state index in [0.717, 1.165) is 5.33 Å². The fraction of sp³-hybridized carbons (Fsp3) is 0.0323. The van der Waals surface area contributed by atoms with Crippen molar-refractivity contribution < 1.29 is 0 Å². The molecule has 158 valence electrons.